The maximum absolute atomic E-state index is 13.5. The summed E-state index contributed by atoms with van der Waals surface area (Å²) in [7, 11) is 0. The van der Waals surface area contributed by atoms with E-state index < -0.39 is 11.7 Å². The predicted molar refractivity (Wildman–Crippen MR) is 107 cm³/mol. The van der Waals surface area contributed by atoms with E-state index in [1.165, 1.54) is 23.3 Å². The van der Waals surface area contributed by atoms with E-state index in [4.69, 9.17) is 16.8 Å². The summed E-state index contributed by atoms with van der Waals surface area (Å²) >= 11 is 6.27. The molecule has 0 unspecified atom stereocenters. The van der Waals surface area contributed by atoms with Crippen LogP contribution in [0.4, 0.5) is 10.2 Å². The number of pyridine rings is 1. The first kappa shape index (κ1) is 20.3. The van der Waals surface area contributed by atoms with Crippen LogP contribution in [0.5, 0.6) is 0 Å². The Hall–Kier alpha value is -2.48. The second-order valence-electron chi connectivity index (χ2n) is 6.74. The standard InChI is InChI=1S/C20H22ClFN4O2/c21-17-9-15(10-18(22)20(27)25-28)11-23-19(17)24-16-7-4-8-26(13-16)12-14-5-2-1-3-6-14/h1-3,5-6,9-11,16,28H,4,7-8,12-13H2,(H,23,24)(H,25,27)/b18-10-/t16-/m1/s1. The molecular formula is C20H22ClFN4O2. The van der Waals surface area contributed by atoms with Crippen LogP contribution in [0.1, 0.15) is 24.0 Å². The van der Waals surface area contributed by atoms with Crippen molar-refractivity contribution in [2.24, 2.45) is 0 Å². The maximum Gasteiger partial charge on any atom is 0.303 e. The van der Waals surface area contributed by atoms with Crippen LogP contribution in [0.2, 0.25) is 5.02 Å². The second kappa shape index (κ2) is 9.64. The Balaban J connectivity index is 1.62. The van der Waals surface area contributed by atoms with Gasteiger partial charge in [-0.2, -0.15) is 0 Å². The largest absolute Gasteiger partial charge is 0.365 e. The highest BCUT2D eigenvalue weighted by Gasteiger charge is 2.21. The number of benzene rings is 1. The molecule has 28 heavy (non-hydrogen) atoms. The summed E-state index contributed by atoms with van der Waals surface area (Å²) < 4.78 is 13.5. The molecule has 8 heteroatoms. The molecule has 148 valence electrons. The lowest BCUT2D eigenvalue weighted by Gasteiger charge is -2.33. The predicted octanol–water partition coefficient (Wildman–Crippen LogP) is 3.63. The van der Waals surface area contributed by atoms with E-state index in [9.17, 15) is 9.18 Å². The van der Waals surface area contributed by atoms with Gasteiger partial charge < -0.3 is 5.32 Å². The van der Waals surface area contributed by atoms with Gasteiger partial charge in [-0.3, -0.25) is 14.9 Å². The van der Waals surface area contributed by atoms with Crippen molar-refractivity contribution in [1.29, 1.82) is 0 Å². The Morgan fingerprint density at radius 1 is 1.39 bits per heavy atom. The number of hydrogen-bond acceptors (Lipinski definition) is 5. The Bertz CT molecular complexity index is 847. The van der Waals surface area contributed by atoms with Crippen molar-refractivity contribution in [2.45, 2.75) is 25.4 Å². The van der Waals surface area contributed by atoms with E-state index in [1.807, 2.05) is 18.2 Å². The third kappa shape index (κ3) is 5.51. The fourth-order valence-corrected chi connectivity index (χ4v) is 3.48. The molecule has 0 spiro atoms. The molecule has 2 aromatic rings. The Morgan fingerprint density at radius 3 is 2.89 bits per heavy atom. The van der Waals surface area contributed by atoms with Crippen molar-refractivity contribution in [3.63, 3.8) is 0 Å². The van der Waals surface area contributed by atoms with Crippen LogP contribution < -0.4 is 10.8 Å². The van der Waals surface area contributed by atoms with Crippen molar-refractivity contribution in [1.82, 2.24) is 15.4 Å². The van der Waals surface area contributed by atoms with Crippen molar-refractivity contribution < 1.29 is 14.4 Å². The van der Waals surface area contributed by atoms with Gasteiger partial charge in [0.1, 0.15) is 5.82 Å². The van der Waals surface area contributed by atoms with E-state index in [1.54, 1.807) is 0 Å². The zero-order chi connectivity index (χ0) is 19.9. The molecule has 1 aliphatic heterocycles. The molecule has 6 nitrogen and oxygen atoms in total. The second-order valence-corrected chi connectivity index (χ2v) is 7.14. The van der Waals surface area contributed by atoms with E-state index in [-0.39, 0.29) is 6.04 Å². The average Bonchev–Trinajstić information content (AvgIpc) is 2.70. The van der Waals surface area contributed by atoms with Gasteiger partial charge in [-0.25, -0.2) is 14.9 Å². The molecule has 3 N–H and O–H groups in total. The SMILES string of the molecule is O=C(NO)/C(F)=C/c1cnc(N[C@@H]2CCCN(Cc3ccccc3)C2)c(Cl)c1. The zero-order valence-corrected chi connectivity index (χ0v) is 16.0. The van der Waals surface area contributed by atoms with Crippen LogP contribution in [0.15, 0.2) is 48.4 Å². The van der Waals surface area contributed by atoms with Crippen LogP contribution in [0, 0.1) is 0 Å². The van der Waals surface area contributed by atoms with Crippen LogP contribution >= 0.6 is 11.6 Å². The monoisotopic (exact) mass is 404 g/mol. The Morgan fingerprint density at radius 2 is 2.18 bits per heavy atom. The van der Waals surface area contributed by atoms with Gasteiger partial charge in [-0.15, -0.1) is 0 Å². The molecule has 0 bridgehead atoms. The topological polar surface area (TPSA) is 77.5 Å². The molecular weight excluding hydrogens is 383 g/mol. The summed E-state index contributed by atoms with van der Waals surface area (Å²) in [6.45, 7) is 2.82. The van der Waals surface area contributed by atoms with Gasteiger partial charge in [-0.05, 0) is 42.7 Å². The number of nitrogens with one attached hydrogen (secondary N) is 2. The highest BCUT2D eigenvalue weighted by atomic mass is 35.5. The van der Waals surface area contributed by atoms with Gasteiger partial charge >= 0.3 is 5.91 Å². The molecule has 0 saturated carbocycles. The van der Waals surface area contributed by atoms with E-state index >= 15 is 0 Å². The summed E-state index contributed by atoms with van der Waals surface area (Å²) in [5, 5.41) is 12.1. The summed E-state index contributed by atoms with van der Waals surface area (Å²) in [5.41, 5.74) is 2.84. The molecule has 2 heterocycles. The first-order chi connectivity index (χ1) is 13.5. The van der Waals surface area contributed by atoms with Gasteiger partial charge in [0.2, 0.25) is 0 Å². The van der Waals surface area contributed by atoms with Gasteiger partial charge in [-0.1, -0.05) is 41.9 Å². The lowest BCUT2D eigenvalue weighted by molar-refractivity contribution is -0.126. The third-order valence-corrected chi connectivity index (χ3v) is 4.86. The zero-order valence-electron chi connectivity index (χ0n) is 15.2. The number of piperidine rings is 1. The number of anilines is 1. The molecule has 1 aromatic heterocycles. The Labute approximate surface area is 168 Å². The number of hydrogen-bond donors (Lipinski definition) is 3. The normalized spacial score (nSPS) is 18.0. The van der Waals surface area contributed by atoms with Gasteiger partial charge in [0.25, 0.3) is 0 Å². The van der Waals surface area contributed by atoms with Crippen LogP contribution in [-0.2, 0) is 11.3 Å². The quantitative estimate of drug-likeness (QED) is 0.389. The summed E-state index contributed by atoms with van der Waals surface area (Å²) in [6, 6.07) is 12.1. The highest BCUT2D eigenvalue weighted by Crippen LogP contribution is 2.24. The molecule has 0 radical (unpaired) electrons. The molecule has 1 aliphatic rings. The van der Waals surface area contributed by atoms with Crippen molar-refractivity contribution in [3.05, 3.63) is 64.6 Å². The smallest absolute Gasteiger partial charge is 0.303 e. The van der Waals surface area contributed by atoms with Crippen molar-refractivity contribution >= 4 is 29.4 Å². The average molecular weight is 405 g/mol. The lowest BCUT2D eigenvalue weighted by Crippen LogP contribution is -2.41. The minimum Gasteiger partial charge on any atom is -0.365 e. The molecule has 1 atom stereocenters. The van der Waals surface area contributed by atoms with Crippen molar-refractivity contribution in [3.8, 4) is 0 Å². The lowest BCUT2D eigenvalue weighted by atomic mass is 10.0. The van der Waals surface area contributed by atoms with Crippen LogP contribution in [0.3, 0.4) is 0 Å². The molecule has 1 aromatic carbocycles. The molecule has 1 saturated heterocycles. The van der Waals surface area contributed by atoms with Crippen LogP contribution in [0.25, 0.3) is 6.08 Å². The number of amides is 1. The first-order valence-electron chi connectivity index (χ1n) is 9.05. The van der Waals surface area contributed by atoms with Gasteiger partial charge in [0.15, 0.2) is 5.83 Å². The summed E-state index contributed by atoms with van der Waals surface area (Å²) in [6.07, 6.45) is 4.46. The molecule has 3 rings (SSSR count). The fraction of sp³-hybridized carbons (Fsp3) is 0.300. The summed E-state index contributed by atoms with van der Waals surface area (Å²) in [4.78, 5) is 17.7. The number of halogens is 2. The first-order valence-corrected chi connectivity index (χ1v) is 9.43. The van der Waals surface area contributed by atoms with E-state index in [2.05, 4.69) is 27.3 Å². The van der Waals surface area contributed by atoms with E-state index in [0.717, 1.165) is 38.6 Å². The molecule has 0 aliphatic carbocycles. The van der Waals surface area contributed by atoms with Gasteiger partial charge in [0, 0.05) is 25.3 Å². The summed E-state index contributed by atoms with van der Waals surface area (Å²) in [5.74, 6) is -1.83. The van der Waals surface area contributed by atoms with Gasteiger partial charge in [0.05, 0.1) is 5.02 Å². The number of rotatable bonds is 6. The van der Waals surface area contributed by atoms with Crippen molar-refractivity contribution in [2.75, 3.05) is 18.4 Å². The van der Waals surface area contributed by atoms with E-state index in [0.29, 0.717) is 16.4 Å². The number of carbonyl (C=O) groups excluding carboxylic acids is 1. The molecule has 1 amide bonds. The number of nitrogens with zero attached hydrogens (tertiary/aromatic N) is 2. The van der Waals surface area contributed by atoms with Crippen LogP contribution in [-0.4, -0.2) is 40.1 Å². The number of carbonyl (C=O) groups is 1. The Kier molecular flexibility index (Phi) is 6.97. The number of hydroxylamine groups is 1. The number of aromatic nitrogens is 1. The molecule has 1 fully saturated rings. The minimum absolute atomic E-state index is 0.209. The third-order valence-electron chi connectivity index (χ3n) is 4.57. The minimum atomic E-state index is -1.22. The fourth-order valence-electron chi connectivity index (χ4n) is 3.26. The number of likely N-dealkylation sites (tertiary alicyclic amines) is 1. The highest BCUT2D eigenvalue weighted by molar-refractivity contribution is 6.33. The maximum atomic E-state index is 13.5.